The minimum absolute atomic E-state index is 1.00. The quantitative estimate of drug-likeness (QED) is 0.227. The predicted octanol–water partition coefficient (Wildman–Crippen LogP) is 12.3. The lowest BCUT2D eigenvalue weighted by Gasteiger charge is -2.18. The van der Waals surface area contributed by atoms with Gasteiger partial charge in [0.1, 0.15) is 0 Å². The van der Waals surface area contributed by atoms with E-state index in [2.05, 4.69) is 126 Å². The highest BCUT2D eigenvalue weighted by Gasteiger charge is 2.11. The van der Waals surface area contributed by atoms with E-state index in [1.54, 1.807) is 0 Å². The van der Waals surface area contributed by atoms with Crippen molar-refractivity contribution in [2.75, 3.05) is 0 Å². The number of hydrogen-bond donors (Lipinski definition) is 0. The number of allylic oxidation sites excluding steroid dienone is 9. The monoisotopic (exact) mass is 530 g/mol. The average molecular weight is 531 g/mol. The maximum absolute atomic E-state index is 4.07. The van der Waals surface area contributed by atoms with Crippen LogP contribution in [0.4, 0.5) is 0 Å². The molecule has 0 bridgehead atoms. The molecule has 210 valence electrons. The molecule has 1 aliphatic carbocycles. The molecule has 3 aromatic rings. The van der Waals surface area contributed by atoms with Gasteiger partial charge < -0.3 is 0 Å². The van der Waals surface area contributed by atoms with Gasteiger partial charge in [0.25, 0.3) is 0 Å². The van der Waals surface area contributed by atoms with E-state index in [1.165, 1.54) is 56.5 Å². The van der Waals surface area contributed by atoms with Gasteiger partial charge in [0.05, 0.1) is 0 Å². The van der Waals surface area contributed by atoms with Gasteiger partial charge in [-0.15, -0.1) is 0 Å². The summed E-state index contributed by atoms with van der Waals surface area (Å²) in [6.07, 6.45) is 7.60. The Kier molecular flexibility index (Phi) is 16.4. The molecule has 0 heterocycles. The van der Waals surface area contributed by atoms with Crippen LogP contribution >= 0.6 is 0 Å². The highest BCUT2D eigenvalue weighted by atomic mass is 14.2. The van der Waals surface area contributed by atoms with Gasteiger partial charge in [-0.1, -0.05) is 160 Å². The van der Waals surface area contributed by atoms with Crippen molar-refractivity contribution in [3.8, 4) is 0 Å². The van der Waals surface area contributed by atoms with Crippen molar-refractivity contribution in [3.63, 3.8) is 0 Å². The van der Waals surface area contributed by atoms with Crippen LogP contribution in [-0.2, 0) is 6.42 Å². The molecule has 0 heteroatoms. The minimum Gasteiger partial charge on any atom is -0.0998 e. The molecule has 0 aromatic heterocycles. The van der Waals surface area contributed by atoms with Crippen molar-refractivity contribution in [2.24, 2.45) is 0 Å². The van der Waals surface area contributed by atoms with Crippen molar-refractivity contribution in [2.45, 2.75) is 67.7 Å². The van der Waals surface area contributed by atoms with Gasteiger partial charge in [0, 0.05) is 0 Å². The van der Waals surface area contributed by atoms with Crippen molar-refractivity contribution in [1.82, 2.24) is 0 Å². The summed E-state index contributed by atoms with van der Waals surface area (Å²) in [5, 5.41) is 0. The van der Waals surface area contributed by atoms with Crippen LogP contribution in [0.5, 0.6) is 0 Å². The van der Waals surface area contributed by atoms with Crippen LogP contribution in [0.25, 0.3) is 11.1 Å². The molecule has 0 saturated heterocycles. The normalized spacial score (nSPS) is 12.4. The first-order valence-corrected chi connectivity index (χ1v) is 14.3. The average Bonchev–Trinajstić information content (AvgIpc) is 2.93. The summed E-state index contributed by atoms with van der Waals surface area (Å²) in [4.78, 5) is 0. The van der Waals surface area contributed by atoms with Crippen LogP contribution in [0.15, 0.2) is 151 Å². The Balaban J connectivity index is 0.000000291. The topological polar surface area (TPSA) is 0 Å². The molecule has 1 aliphatic rings. The molecule has 0 spiro atoms. The van der Waals surface area contributed by atoms with Crippen molar-refractivity contribution in [3.05, 3.63) is 167 Å². The fourth-order valence-electron chi connectivity index (χ4n) is 4.17. The summed E-state index contributed by atoms with van der Waals surface area (Å²) in [5.74, 6) is 0. The molecule has 4 rings (SSSR count). The van der Waals surface area contributed by atoms with Gasteiger partial charge in [0.2, 0.25) is 0 Å². The van der Waals surface area contributed by atoms with Crippen molar-refractivity contribution < 1.29 is 0 Å². The molecule has 0 atom stereocenters. The highest BCUT2D eigenvalue weighted by Crippen LogP contribution is 2.32. The van der Waals surface area contributed by atoms with Gasteiger partial charge >= 0.3 is 0 Å². The Hall–Kier alpha value is -3.90. The summed E-state index contributed by atoms with van der Waals surface area (Å²) in [7, 11) is 0. The zero-order valence-electron chi connectivity index (χ0n) is 26.1. The molecule has 0 unspecified atom stereocenters. The first kappa shape index (κ1) is 34.1. The predicted molar refractivity (Wildman–Crippen MR) is 182 cm³/mol. The fraction of sp³-hybridized carbons (Fsp3) is 0.250. The Labute approximate surface area is 245 Å². The Morgan fingerprint density at radius 1 is 0.775 bits per heavy atom. The van der Waals surface area contributed by atoms with E-state index >= 15 is 0 Å². The molecular formula is C40H50. The lowest BCUT2D eigenvalue weighted by molar-refractivity contribution is 1.09. The molecule has 3 aromatic carbocycles. The Morgan fingerprint density at radius 2 is 1.25 bits per heavy atom. The largest absolute Gasteiger partial charge is 0.0998 e. The standard InChI is InChI=1S/C15H16.C12H14.C10H12.C3H8/c1-11-9-13(3)15(10-12(11)2)14-7-5-4-6-8-14;1-4-12(10(2)3)11-8-6-5-7-9-11;1-9(2)8-10-6-4-3-5-7-10;1-3-2/h4-8,10H,1,9H2,2-3H3;4-9H,2H2,1,3H3;3-7H,1,8H2,2H3;3H2,1-2H3/b;12-4+;;. The zero-order valence-corrected chi connectivity index (χ0v) is 26.1. The lowest BCUT2D eigenvalue weighted by Crippen LogP contribution is -1.97. The molecule has 0 radical (unpaired) electrons. The molecular weight excluding hydrogens is 480 g/mol. The van der Waals surface area contributed by atoms with Crippen LogP contribution in [-0.4, -0.2) is 0 Å². The molecule has 0 saturated carbocycles. The minimum atomic E-state index is 1.00. The molecule has 40 heavy (non-hydrogen) atoms. The summed E-state index contributed by atoms with van der Waals surface area (Å²) in [6, 6.07) is 31.2. The summed E-state index contributed by atoms with van der Waals surface area (Å²) in [5.41, 5.74) is 12.8. The molecule has 0 N–H and O–H groups in total. The molecule has 0 nitrogen and oxygen atoms in total. The maximum Gasteiger partial charge on any atom is -0.00639 e. The van der Waals surface area contributed by atoms with E-state index in [0.29, 0.717) is 0 Å². The lowest BCUT2D eigenvalue weighted by atomic mass is 9.87. The van der Waals surface area contributed by atoms with Crippen LogP contribution in [0.3, 0.4) is 0 Å². The third-order valence-electron chi connectivity index (χ3n) is 6.12. The van der Waals surface area contributed by atoms with Crippen molar-refractivity contribution >= 4 is 11.1 Å². The molecule has 0 fully saturated rings. The highest BCUT2D eigenvalue weighted by molar-refractivity contribution is 5.80. The Morgan fingerprint density at radius 3 is 1.70 bits per heavy atom. The van der Waals surface area contributed by atoms with Crippen LogP contribution in [0.2, 0.25) is 0 Å². The van der Waals surface area contributed by atoms with Crippen LogP contribution in [0.1, 0.15) is 78.0 Å². The third kappa shape index (κ3) is 12.8. The second-order valence-corrected chi connectivity index (χ2v) is 10.3. The van der Waals surface area contributed by atoms with Crippen LogP contribution < -0.4 is 0 Å². The number of hydrogen-bond acceptors (Lipinski definition) is 0. The van der Waals surface area contributed by atoms with E-state index in [0.717, 1.165) is 18.4 Å². The molecule has 0 aliphatic heterocycles. The summed E-state index contributed by atoms with van der Waals surface area (Å²) < 4.78 is 0. The zero-order chi connectivity index (χ0) is 29.9. The van der Waals surface area contributed by atoms with Gasteiger partial charge in [-0.05, 0) is 86.4 Å². The third-order valence-corrected chi connectivity index (χ3v) is 6.12. The second kappa shape index (κ2) is 19.2. The van der Waals surface area contributed by atoms with E-state index in [1.807, 2.05) is 45.0 Å². The van der Waals surface area contributed by atoms with Crippen LogP contribution in [0, 0.1) is 0 Å². The van der Waals surface area contributed by atoms with E-state index < -0.39 is 0 Å². The number of benzene rings is 3. The van der Waals surface area contributed by atoms with E-state index in [-0.39, 0.29) is 0 Å². The van der Waals surface area contributed by atoms with Gasteiger partial charge in [0.15, 0.2) is 0 Å². The number of rotatable bonds is 5. The van der Waals surface area contributed by atoms with E-state index in [4.69, 9.17) is 0 Å². The molecule has 0 amide bonds. The SMILES string of the molecule is C=C(C)/C(=C\C)c1ccccc1.C=C(C)Cc1ccccc1.C=C1CC(C)=C(c2ccccc2)C=C1C.CCC. The van der Waals surface area contributed by atoms with Crippen molar-refractivity contribution in [1.29, 1.82) is 0 Å². The maximum atomic E-state index is 4.07. The van der Waals surface area contributed by atoms with Gasteiger partial charge in [-0.3, -0.25) is 0 Å². The summed E-state index contributed by atoms with van der Waals surface area (Å²) >= 11 is 0. The van der Waals surface area contributed by atoms with E-state index in [9.17, 15) is 0 Å². The first-order chi connectivity index (χ1) is 19.1. The summed E-state index contributed by atoms with van der Waals surface area (Å²) in [6.45, 7) is 26.6. The fourth-order valence-corrected chi connectivity index (χ4v) is 4.17. The van der Waals surface area contributed by atoms with Gasteiger partial charge in [-0.25, -0.2) is 0 Å². The smallest absolute Gasteiger partial charge is 0.00639 e. The second-order valence-electron chi connectivity index (χ2n) is 10.3. The first-order valence-electron chi connectivity index (χ1n) is 14.3. The van der Waals surface area contributed by atoms with Gasteiger partial charge in [-0.2, -0.15) is 0 Å². The Bertz CT molecular complexity index is 1280.